The van der Waals surface area contributed by atoms with E-state index in [-0.39, 0.29) is 0 Å². The molecule has 0 spiro atoms. The first-order valence-electron chi connectivity index (χ1n) is 8.16. The van der Waals surface area contributed by atoms with Crippen molar-refractivity contribution in [3.8, 4) is 0 Å². The summed E-state index contributed by atoms with van der Waals surface area (Å²) in [5, 5.41) is 3.53. The molecule has 1 aromatic rings. The summed E-state index contributed by atoms with van der Waals surface area (Å²) in [6, 6.07) is 0.447. The Morgan fingerprint density at radius 1 is 1.30 bits per heavy atom. The number of aryl methyl sites for hydroxylation is 1. The fraction of sp³-hybridized carbons (Fsp3) is 0.812. The van der Waals surface area contributed by atoms with Crippen molar-refractivity contribution in [3.05, 3.63) is 18.2 Å². The number of rotatable bonds is 3. The fourth-order valence-corrected chi connectivity index (χ4v) is 3.76. The zero-order valence-electron chi connectivity index (χ0n) is 12.9. The van der Waals surface area contributed by atoms with Gasteiger partial charge in [0.15, 0.2) is 0 Å². The summed E-state index contributed by atoms with van der Waals surface area (Å²) in [4.78, 5) is 7.24. The number of hydrogen-bond donors (Lipinski definition) is 1. The monoisotopic (exact) mass is 276 g/mol. The molecular weight excluding hydrogens is 248 g/mol. The number of nitrogens with zero attached hydrogens (tertiary/aromatic N) is 3. The quantitative estimate of drug-likeness (QED) is 0.919. The van der Waals surface area contributed by atoms with Gasteiger partial charge in [-0.25, -0.2) is 4.98 Å². The lowest BCUT2D eigenvalue weighted by Gasteiger charge is -2.39. The van der Waals surface area contributed by atoms with Crippen molar-refractivity contribution >= 4 is 0 Å². The largest absolute Gasteiger partial charge is 0.337 e. The Hall–Kier alpha value is -0.870. The topological polar surface area (TPSA) is 33.1 Å². The minimum atomic E-state index is 0.447. The van der Waals surface area contributed by atoms with E-state index in [0.29, 0.717) is 6.04 Å². The van der Waals surface area contributed by atoms with Crippen molar-refractivity contribution in [2.24, 2.45) is 18.9 Å². The highest BCUT2D eigenvalue weighted by Gasteiger charge is 2.29. The molecule has 1 aliphatic carbocycles. The summed E-state index contributed by atoms with van der Waals surface area (Å²) >= 11 is 0. The number of piperazine rings is 1. The molecule has 4 nitrogen and oxygen atoms in total. The van der Waals surface area contributed by atoms with Crippen molar-refractivity contribution in [2.45, 2.75) is 38.6 Å². The molecule has 0 amide bonds. The van der Waals surface area contributed by atoms with Gasteiger partial charge in [-0.2, -0.15) is 0 Å². The minimum Gasteiger partial charge on any atom is -0.337 e. The van der Waals surface area contributed by atoms with Gasteiger partial charge < -0.3 is 9.88 Å². The second-order valence-electron chi connectivity index (χ2n) is 6.74. The maximum Gasteiger partial charge on any atom is 0.127 e. The lowest BCUT2D eigenvalue weighted by Crippen LogP contribution is -2.48. The van der Waals surface area contributed by atoms with Crippen LogP contribution in [0.1, 0.15) is 44.5 Å². The van der Waals surface area contributed by atoms with Crippen LogP contribution in [0.15, 0.2) is 12.4 Å². The summed E-state index contributed by atoms with van der Waals surface area (Å²) in [7, 11) is 2.11. The van der Waals surface area contributed by atoms with E-state index < -0.39 is 0 Å². The SMILES string of the molecule is CC1CCC(CN2CCNCC2c2nccn2C)CC1. The highest BCUT2D eigenvalue weighted by atomic mass is 15.3. The molecule has 20 heavy (non-hydrogen) atoms. The lowest BCUT2D eigenvalue weighted by molar-refractivity contribution is 0.111. The first kappa shape index (κ1) is 14.1. The summed E-state index contributed by atoms with van der Waals surface area (Å²) in [5.74, 6) is 3.05. The Bertz CT molecular complexity index is 420. The van der Waals surface area contributed by atoms with Gasteiger partial charge in [0.05, 0.1) is 6.04 Å². The van der Waals surface area contributed by atoms with Gasteiger partial charge in [0.1, 0.15) is 5.82 Å². The molecule has 3 rings (SSSR count). The Morgan fingerprint density at radius 2 is 2.10 bits per heavy atom. The third-order valence-electron chi connectivity index (χ3n) is 5.14. The van der Waals surface area contributed by atoms with E-state index in [0.717, 1.165) is 31.5 Å². The molecule has 112 valence electrons. The van der Waals surface area contributed by atoms with Crippen LogP contribution in [-0.4, -0.2) is 40.6 Å². The van der Waals surface area contributed by atoms with Crippen molar-refractivity contribution in [1.29, 1.82) is 0 Å². The molecule has 0 bridgehead atoms. The third-order valence-corrected chi connectivity index (χ3v) is 5.14. The minimum absolute atomic E-state index is 0.447. The molecule has 2 aliphatic rings. The fourth-order valence-electron chi connectivity index (χ4n) is 3.76. The maximum absolute atomic E-state index is 4.58. The highest BCUT2D eigenvalue weighted by Crippen LogP contribution is 2.31. The molecule has 2 heterocycles. The van der Waals surface area contributed by atoms with Crippen LogP contribution in [0.3, 0.4) is 0 Å². The first-order valence-corrected chi connectivity index (χ1v) is 8.16. The Kier molecular flexibility index (Phi) is 4.41. The van der Waals surface area contributed by atoms with Gasteiger partial charge in [0, 0.05) is 45.6 Å². The molecule has 1 aliphatic heterocycles. The number of imidazole rings is 1. The molecule has 1 saturated heterocycles. The van der Waals surface area contributed by atoms with Crippen LogP contribution in [-0.2, 0) is 7.05 Å². The zero-order chi connectivity index (χ0) is 13.9. The molecular formula is C16H28N4. The van der Waals surface area contributed by atoms with Crippen LogP contribution in [0, 0.1) is 11.8 Å². The maximum atomic E-state index is 4.58. The smallest absolute Gasteiger partial charge is 0.127 e. The average Bonchev–Trinajstić information content (AvgIpc) is 2.88. The molecule has 0 radical (unpaired) electrons. The second-order valence-corrected chi connectivity index (χ2v) is 6.74. The average molecular weight is 276 g/mol. The van der Waals surface area contributed by atoms with Gasteiger partial charge in [0.25, 0.3) is 0 Å². The predicted octanol–water partition coefficient (Wildman–Crippen LogP) is 2.19. The number of aromatic nitrogens is 2. The second kappa shape index (κ2) is 6.27. The van der Waals surface area contributed by atoms with Gasteiger partial charge in [-0.05, 0) is 24.7 Å². The molecule has 1 saturated carbocycles. The van der Waals surface area contributed by atoms with Gasteiger partial charge in [-0.15, -0.1) is 0 Å². The zero-order valence-corrected chi connectivity index (χ0v) is 12.9. The third kappa shape index (κ3) is 3.07. The highest BCUT2D eigenvalue weighted by molar-refractivity contribution is 5.02. The number of nitrogens with one attached hydrogen (secondary N) is 1. The normalized spacial score (nSPS) is 32.4. The van der Waals surface area contributed by atoms with Gasteiger partial charge in [-0.3, -0.25) is 4.90 Å². The van der Waals surface area contributed by atoms with Crippen LogP contribution in [0.2, 0.25) is 0 Å². The van der Waals surface area contributed by atoms with E-state index in [1.54, 1.807) is 0 Å². The van der Waals surface area contributed by atoms with Crippen molar-refractivity contribution < 1.29 is 0 Å². The molecule has 0 aromatic carbocycles. The molecule has 1 unspecified atom stereocenters. The number of hydrogen-bond acceptors (Lipinski definition) is 3. The van der Waals surface area contributed by atoms with Crippen molar-refractivity contribution in [1.82, 2.24) is 19.8 Å². The van der Waals surface area contributed by atoms with Crippen LogP contribution in [0.5, 0.6) is 0 Å². The first-order chi connectivity index (χ1) is 9.74. The Labute approximate surface area is 122 Å². The van der Waals surface area contributed by atoms with E-state index in [4.69, 9.17) is 0 Å². The van der Waals surface area contributed by atoms with Crippen LogP contribution in [0.25, 0.3) is 0 Å². The van der Waals surface area contributed by atoms with Crippen LogP contribution < -0.4 is 5.32 Å². The van der Waals surface area contributed by atoms with E-state index in [1.807, 2.05) is 6.20 Å². The lowest BCUT2D eigenvalue weighted by atomic mass is 9.82. The van der Waals surface area contributed by atoms with Crippen LogP contribution >= 0.6 is 0 Å². The molecule has 2 fully saturated rings. The molecule has 4 heteroatoms. The summed E-state index contributed by atoms with van der Waals surface area (Å²) < 4.78 is 2.17. The van der Waals surface area contributed by atoms with Crippen LogP contribution in [0.4, 0.5) is 0 Å². The Morgan fingerprint density at radius 3 is 2.80 bits per heavy atom. The standard InChI is InChI=1S/C16H28N4/c1-13-3-5-14(6-4-13)12-20-10-7-17-11-15(20)16-18-8-9-19(16)2/h8-9,13-15,17H,3-7,10-12H2,1-2H3. The van der Waals surface area contributed by atoms with E-state index in [2.05, 4.69) is 39.9 Å². The predicted molar refractivity (Wildman–Crippen MR) is 81.5 cm³/mol. The van der Waals surface area contributed by atoms with Gasteiger partial charge in [-0.1, -0.05) is 19.8 Å². The van der Waals surface area contributed by atoms with E-state index >= 15 is 0 Å². The Balaban J connectivity index is 1.65. The molecule has 1 atom stereocenters. The molecule has 1 aromatic heterocycles. The van der Waals surface area contributed by atoms with E-state index in [1.165, 1.54) is 38.1 Å². The van der Waals surface area contributed by atoms with Crippen molar-refractivity contribution in [3.63, 3.8) is 0 Å². The van der Waals surface area contributed by atoms with Crippen molar-refractivity contribution in [2.75, 3.05) is 26.2 Å². The summed E-state index contributed by atoms with van der Waals surface area (Å²) in [6.45, 7) is 6.96. The van der Waals surface area contributed by atoms with Gasteiger partial charge in [0.2, 0.25) is 0 Å². The summed E-state index contributed by atoms with van der Waals surface area (Å²) in [6.07, 6.45) is 9.65. The van der Waals surface area contributed by atoms with Gasteiger partial charge >= 0.3 is 0 Å². The summed E-state index contributed by atoms with van der Waals surface area (Å²) in [5.41, 5.74) is 0. The van der Waals surface area contributed by atoms with E-state index in [9.17, 15) is 0 Å². The molecule has 1 N–H and O–H groups in total.